The molecule has 17 heavy (non-hydrogen) atoms. The molecular weight excluding hydrogens is 214 g/mol. The molecule has 1 aliphatic carbocycles. The number of hydrogen-bond donors (Lipinski definition) is 0. The highest BCUT2D eigenvalue weighted by atomic mass is 16.6. The van der Waals surface area contributed by atoms with Crippen LogP contribution in [0, 0.1) is 5.92 Å². The van der Waals surface area contributed by atoms with Crippen molar-refractivity contribution in [3.05, 3.63) is 24.8 Å². The van der Waals surface area contributed by atoms with Crippen molar-refractivity contribution < 1.29 is 9.53 Å². The zero-order chi connectivity index (χ0) is 12.8. The normalized spacial score (nSPS) is 40.1. The van der Waals surface area contributed by atoms with Crippen LogP contribution in [0.1, 0.15) is 33.6 Å². The second kappa shape index (κ2) is 3.62. The van der Waals surface area contributed by atoms with Gasteiger partial charge in [0.2, 0.25) is 0 Å². The molecular formula is C14H21NO2. The van der Waals surface area contributed by atoms with E-state index in [0.29, 0.717) is 12.5 Å². The Morgan fingerprint density at radius 3 is 2.82 bits per heavy atom. The van der Waals surface area contributed by atoms with E-state index < -0.39 is 5.60 Å². The highest BCUT2D eigenvalue weighted by molar-refractivity contribution is 5.73. The Bertz CT molecular complexity index is 390. The lowest BCUT2D eigenvalue weighted by atomic mass is 9.77. The highest BCUT2D eigenvalue weighted by Gasteiger charge is 2.66. The van der Waals surface area contributed by atoms with Gasteiger partial charge in [0.1, 0.15) is 5.60 Å². The van der Waals surface area contributed by atoms with E-state index in [2.05, 4.69) is 20.1 Å². The van der Waals surface area contributed by atoms with Gasteiger partial charge in [-0.1, -0.05) is 18.2 Å². The second-order valence-electron chi connectivity index (χ2n) is 5.58. The average Bonchev–Trinajstić information content (AvgIpc) is 2.57. The molecule has 0 radical (unpaired) electrons. The van der Waals surface area contributed by atoms with Gasteiger partial charge in [-0.25, -0.2) is 4.79 Å². The van der Waals surface area contributed by atoms with Crippen LogP contribution in [0.25, 0.3) is 0 Å². The minimum Gasteiger partial charge on any atom is -0.441 e. The first-order valence-corrected chi connectivity index (χ1v) is 6.14. The fourth-order valence-corrected chi connectivity index (χ4v) is 3.51. The molecule has 94 valence electrons. The molecule has 1 saturated heterocycles. The van der Waals surface area contributed by atoms with Gasteiger partial charge in [-0.05, 0) is 33.6 Å². The topological polar surface area (TPSA) is 29.5 Å². The van der Waals surface area contributed by atoms with Crippen LogP contribution >= 0.6 is 0 Å². The maximum Gasteiger partial charge on any atom is 0.411 e. The van der Waals surface area contributed by atoms with Gasteiger partial charge in [-0.3, -0.25) is 4.90 Å². The van der Waals surface area contributed by atoms with Crippen LogP contribution in [-0.2, 0) is 4.74 Å². The van der Waals surface area contributed by atoms with Crippen molar-refractivity contribution in [2.75, 3.05) is 6.54 Å². The number of carbonyl (C=O) groups is 1. The lowest BCUT2D eigenvalue weighted by Crippen LogP contribution is -2.55. The molecule has 0 aromatic heterocycles. The molecule has 0 bridgehead atoms. The maximum atomic E-state index is 12.0. The fraction of sp³-hybridized carbons (Fsp3) is 0.643. The minimum atomic E-state index is -0.392. The lowest BCUT2D eigenvalue weighted by Gasteiger charge is -2.41. The summed E-state index contributed by atoms with van der Waals surface area (Å²) in [5.41, 5.74) is 0.449. The van der Waals surface area contributed by atoms with E-state index in [9.17, 15) is 4.79 Å². The van der Waals surface area contributed by atoms with Gasteiger partial charge in [0.25, 0.3) is 0 Å². The number of rotatable bonds is 3. The SMILES string of the molecule is C=CCN1C(=O)O[C@@]2(C)CC[C@H](C(=C)C)[C@@]12C. The van der Waals surface area contributed by atoms with Crippen LogP contribution in [0.4, 0.5) is 4.79 Å². The Labute approximate surface area is 103 Å². The van der Waals surface area contributed by atoms with Gasteiger partial charge in [-0.15, -0.1) is 6.58 Å². The van der Waals surface area contributed by atoms with Crippen LogP contribution in [0.3, 0.4) is 0 Å². The maximum absolute atomic E-state index is 12.0. The standard InChI is InChI=1S/C14H21NO2/c1-6-9-15-12(16)17-13(4)8-7-11(10(2)3)14(13,15)5/h6,11H,1-2,7-9H2,3-5H3/t11-,13+,14-/m1/s1. The van der Waals surface area contributed by atoms with Gasteiger partial charge >= 0.3 is 6.09 Å². The van der Waals surface area contributed by atoms with Crippen LogP contribution in [-0.4, -0.2) is 28.7 Å². The molecule has 1 saturated carbocycles. The Morgan fingerprint density at radius 1 is 1.65 bits per heavy atom. The Balaban J connectivity index is 2.46. The Morgan fingerprint density at radius 2 is 2.29 bits per heavy atom. The van der Waals surface area contributed by atoms with E-state index >= 15 is 0 Å². The largest absolute Gasteiger partial charge is 0.441 e. The Kier molecular flexibility index (Phi) is 2.60. The monoisotopic (exact) mass is 235 g/mol. The zero-order valence-corrected chi connectivity index (χ0v) is 11.0. The summed E-state index contributed by atoms with van der Waals surface area (Å²) in [6.45, 7) is 14.5. The van der Waals surface area contributed by atoms with Crippen molar-refractivity contribution in [3.63, 3.8) is 0 Å². The molecule has 0 unspecified atom stereocenters. The molecule has 1 amide bonds. The summed E-state index contributed by atoms with van der Waals surface area (Å²) in [4.78, 5) is 13.8. The van der Waals surface area contributed by atoms with Crippen molar-refractivity contribution in [2.45, 2.75) is 44.8 Å². The van der Waals surface area contributed by atoms with Crippen molar-refractivity contribution in [1.29, 1.82) is 0 Å². The molecule has 3 nitrogen and oxygen atoms in total. The fourth-order valence-electron chi connectivity index (χ4n) is 3.51. The minimum absolute atomic E-state index is 0.221. The van der Waals surface area contributed by atoms with Crippen LogP contribution in [0.2, 0.25) is 0 Å². The molecule has 0 N–H and O–H groups in total. The van der Waals surface area contributed by atoms with Crippen molar-refractivity contribution in [3.8, 4) is 0 Å². The number of hydrogen-bond acceptors (Lipinski definition) is 2. The third-order valence-electron chi connectivity index (χ3n) is 4.66. The van der Waals surface area contributed by atoms with E-state index in [0.717, 1.165) is 18.4 Å². The first-order valence-electron chi connectivity index (χ1n) is 6.14. The predicted molar refractivity (Wildman–Crippen MR) is 67.7 cm³/mol. The number of amides is 1. The molecule has 2 rings (SSSR count). The summed E-state index contributed by atoms with van der Waals surface area (Å²) in [5, 5.41) is 0. The van der Waals surface area contributed by atoms with Crippen molar-refractivity contribution in [1.82, 2.24) is 4.90 Å². The molecule has 2 aliphatic rings. The highest BCUT2D eigenvalue weighted by Crippen LogP contribution is 2.55. The predicted octanol–water partition coefficient (Wildman–Crippen LogP) is 3.13. The van der Waals surface area contributed by atoms with Crippen LogP contribution in [0.15, 0.2) is 24.8 Å². The van der Waals surface area contributed by atoms with Gasteiger partial charge in [0.15, 0.2) is 0 Å². The molecule has 2 fully saturated rings. The van der Waals surface area contributed by atoms with E-state index in [1.807, 2.05) is 18.7 Å². The number of carbonyl (C=O) groups excluding carboxylic acids is 1. The summed E-state index contributed by atoms with van der Waals surface area (Å²) >= 11 is 0. The quantitative estimate of drug-likeness (QED) is 0.703. The zero-order valence-electron chi connectivity index (χ0n) is 11.0. The summed E-state index contributed by atoms with van der Waals surface area (Å²) < 4.78 is 5.62. The molecule has 0 spiro atoms. The first-order chi connectivity index (χ1) is 7.87. The lowest BCUT2D eigenvalue weighted by molar-refractivity contribution is 0.0239. The smallest absolute Gasteiger partial charge is 0.411 e. The van der Waals surface area contributed by atoms with Crippen molar-refractivity contribution >= 4 is 6.09 Å². The molecule has 1 aliphatic heterocycles. The Hall–Kier alpha value is -1.25. The van der Waals surface area contributed by atoms with Gasteiger partial charge in [-0.2, -0.15) is 0 Å². The van der Waals surface area contributed by atoms with Gasteiger partial charge in [0, 0.05) is 12.5 Å². The third kappa shape index (κ3) is 1.38. The summed E-state index contributed by atoms with van der Waals surface area (Å²) in [5.74, 6) is 0.305. The number of fused-ring (bicyclic) bond motifs is 1. The summed E-state index contributed by atoms with van der Waals surface area (Å²) in [7, 11) is 0. The molecule has 3 atom stereocenters. The summed E-state index contributed by atoms with van der Waals surface area (Å²) in [6, 6.07) is 0. The van der Waals surface area contributed by atoms with Crippen molar-refractivity contribution in [2.24, 2.45) is 5.92 Å². The molecule has 0 aromatic rings. The molecule has 1 heterocycles. The average molecular weight is 235 g/mol. The van der Waals surface area contributed by atoms with E-state index in [-0.39, 0.29) is 11.6 Å². The number of nitrogens with zero attached hydrogens (tertiary/aromatic N) is 1. The third-order valence-corrected chi connectivity index (χ3v) is 4.66. The first kappa shape index (κ1) is 12.2. The van der Waals surface area contributed by atoms with E-state index in [1.54, 1.807) is 6.08 Å². The molecule has 0 aromatic carbocycles. The van der Waals surface area contributed by atoms with E-state index in [4.69, 9.17) is 4.74 Å². The number of ether oxygens (including phenoxy) is 1. The molecule has 3 heteroatoms. The second-order valence-corrected chi connectivity index (χ2v) is 5.58. The van der Waals surface area contributed by atoms with Crippen LogP contribution in [0.5, 0.6) is 0 Å². The van der Waals surface area contributed by atoms with Crippen LogP contribution < -0.4 is 0 Å². The van der Waals surface area contributed by atoms with Gasteiger partial charge < -0.3 is 4.74 Å². The van der Waals surface area contributed by atoms with Gasteiger partial charge in [0.05, 0.1) is 5.54 Å². The summed E-state index contributed by atoms with van der Waals surface area (Å²) in [6.07, 6.45) is 3.47. The van der Waals surface area contributed by atoms with E-state index in [1.165, 1.54) is 0 Å².